The van der Waals surface area contributed by atoms with E-state index in [1.165, 1.54) is 0 Å². The van der Waals surface area contributed by atoms with E-state index >= 15 is 0 Å². The van der Waals surface area contributed by atoms with Crippen LogP contribution in [0.15, 0.2) is 24.3 Å². The Hall–Kier alpha value is -1.68. The van der Waals surface area contributed by atoms with Gasteiger partial charge in [-0.15, -0.1) is 5.10 Å². The van der Waals surface area contributed by atoms with Gasteiger partial charge in [0.05, 0.1) is 11.8 Å². The molecule has 1 heterocycles. The highest BCUT2D eigenvalue weighted by atomic mass is 16.3. The SMILES string of the molecule is Cc1nnc(N(C)CCC(C)O)c2ccccc12. The molecule has 1 unspecified atom stereocenters. The lowest BCUT2D eigenvalue weighted by atomic mass is 10.1. The van der Waals surface area contributed by atoms with Gasteiger partial charge in [-0.3, -0.25) is 0 Å². The van der Waals surface area contributed by atoms with Gasteiger partial charge >= 0.3 is 0 Å². The average molecular weight is 245 g/mol. The number of hydrogen-bond donors (Lipinski definition) is 1. The number of nitrogens with zero attached hydrogens (tertiary/aromatic N) is 3. The van der Waals surface area contributed by atoms with Gasteiger partial charge in [-0.05, 0) is 20.3 Å². The molecule has 0 amide bonds. The molecule has 0 aliphatic rings. The molecular formula is C14H19N3O. The maximum atomic E-state index is 9.34. The van der Waals surface area contributed by atoms with E-state index in [4.69, 9.17) is 0 Å². The minimum Gasteiger partial charge on any atom is -0.393 e. The minimum atomic E-state index is -0.294. The van der Waals surface area contributed by atoms with Crippen LogP contribution in [-0.2, 0) is 0 Å². The predicted molar refractivity (Wildman–Crippen MR) is 73.8 cm³/mol. The topological polar surface area (TPSA) is 49.2 Å². The van der Waals surface area contributed by atoms with Crippen molar-refractivity contribution in [2.75, 3.05) is 18.5 Å². The molecule has 0 radical (unpaired) electrons. The summed E-state index contributed by atoms with van der Waals surface area (Å²) in [7, 11) is 1.98. The number of aromatic nitrogens is 2. The fourth-order valence-corrected chi connectivity index (χ4v) is 1.99. The van der Waals surface area contributed by atoms with E-state index < -0.39 is 0 Å². The van der Waals surface area contributed by atoms with Crippen LogP contribution in [0.25, 0.3) is 10.8 Å². The molecule has 1 N–H and O–H groups in total. The van der Waals surface area contributed by atoms with E-state index in [2.05, 4.69) is 22.3 Å². The van der Waals surface area contributed by atoms with Crippen LogP contribution in [-0.4, -0.2) is 35.0 Å². The molecule has 0 fully saturated rings. The van der Waals surface area contributed by atoms with Crippen molar-refractivity contribution >= 4 is 16.6 Å². The van der Waals surface area contributed by atoms with Gasteiger partial charge in [-0.25, -0.2) is 0 Å². The van der Waals surface area contributed by atoms with Crippen molar-refractivity contribution in [3.05, 3.63) is 30.0 Å². The summed E-state index contributed by atoms with van der Waals surface area (Å²) in [6.45, 7) is 4.53. The van der Waals surface area contributed by atoms with Gasteiger partial charge in [0.1, 0.15) is 0 Å². The largest absolute Gasteiger partial charge is 0.393 e. The van der Waals surface area contributed by atoms with Crippen LogP contribution in [0.2, 0.25) is 0 Å². The Morgan fingerprint density at radius 1 is 1.22 bits per heavy atom. The van der Waals surface area contributed by atoms with E-state index in [0.717, 1.165) is 35.2 Å². The van der Waals surface area contributed by atoms with Crippen molar-refractivity contribution in [3.8, 4) is 0 Å². The van der Waals surface area contributed by atoms with Crippen molar-refractivity contribution in [2.45, 2.75) is 26.4 Å². The van der Waals surface area contributed by atoms with Crippen molar-refractivity contribution < 1.29 is 5.11 Å². The van der Waals surface area contributed by atoms with Crippen LogP contribution in [0.4, 0.5) is 5.82 Å². The Bertz CT molecular complexity index is 540. The fraction of sp³-hybridized carbons (Fsp3) is 0.429. The third-order valence-electron chi connectivity index (χ3n) is 3.10. The van der Waals surface area contributed by atoms with Crippen LogP contribution in [0.5, 0.6) is 0 Å². The fourth-order valence-electron chi connectivity index (χ4n) is 1.99. The predicted octanol–water partition coefficient (Wildman–Crippen LogP) is 2.15. The third kappa shape index (κ3) is 2.59. The molecule has 18 heavy (non-hydrogen) atoms. The average Bonchev–Trinajstić information content (AvgIpc) is 2.37. The standard InChI is InChI=1S/C14H19N3O/c1-10(18)8-9-17(3)14-13-7-5-4-6-12(13)11(2)15-16-14/h4-7,10,18H,8-9H2,1-3H3. The van der Waals surface area contributed by atoms with Crippen LogP contribution in [0.1, 0.15) is 19.0 Å². The van der Waals surface area contributed by atoms with Gasteiger partial charge in [0.25, 0.3) is 0 Å². The lowest BCUT2D eigenvalue weighted by molar-refractivity contribution is 0.187. The maximum Gasteiger partial charge on any atom is 0.158 e. The molecule has 1 atom stereocenters. The number of aliphatic hydroxyl groups is 1. The molecular weight excluding hydrogens is 226 g/mol. The van der Waals surface area contributed by atoms with Crippen LogP contribution >= 0.6 is 0 Å². The summed E-state index contributed by atoms with van der Waals surface area (Å²) in [5, 5.41) is 20.1. The Morgan fingerprint density at radius 2 is 1.89 bits per heavy atom. The second-order valence-electron chi connectivity index (χ2n) is 4.71. The Labute approximate surface area is 107 Å². The highest BCUT2D eigenvalue weighted by molar-refractivity contribution is 5.93. The highest BCUT2D eigenvalue weighted by Crippen LogP contribution is 2.24. The Balaban J connectivity index is 2.36. The Kier molecular flexibility index (Phi) is 3.77. The van der Waals surface area contributed by atoms with Crippen molar-refractivity contribution in [1.29, 1.82) is 0 Å². The molecule has 0 saturated carbocycles. The number of aliphatic hydroxyl groups excluding tert-OH is 1. The number of anilines is 1. The first-order chi connectivity index (χ1) is 8.59. The van der Waals surface area contributed by atoms with Gasteiger partial charge in [0.15, 0.2) is 5.82 Å². The van der Waals surface area contributed by atoms with E-state index in [1.54, 1.807) is 6.92 Å². The van der Waals surface area contributed by atoms with Crippen LogP contribution in [0.3, 0.4) is 0 Å². The second-order valence-corrected chi connectivity index (χ2v) is 4.71. The molecule has 96 valence electrons. The molecule has 4 nitrogen and oxygen atoms in total. The van der Waals surface area contributed by atoms with E-state index in [-0.39, 0.29) is 6.10 Å². The summed E-state index contributed by atoms with van der Waals surface area (Å²) in [4.78, 5) is 2.04. The molecule has 2 rings (SSSR count). The van der Waals surface area contributed by atoms with Gasteiger partial charge in [0.2, 0.25) is 0 Å². The normalized spacial score (nSPS) is 12.7. The zero-order valence-electron chi connectivity index (χ0n) is 11.1. The van der Waals surface area contributed by atoms with Crippen LogP contribution < -0.4 is 4.90 Å². The van der Waals surface area contributed by atoms with E-state index in [0.29, 0.717) is 0 Å². The molecule has 0 saturated heterocycles. The zero-order chi connectivity index (χ0) is 13.1. The quantitative estimate of drug-likeness (QED) is 0.896. The monoisotopic (exact) mass is 245 g/mol. The lowest BCUT2D eigenvalue weighted by Gasteiger charge is -2.20. The molecule has 1 aromatic heterocycles. The summed E-state index contributed by atoms with van der Waals surface area (Å²) < 4.78 is 0. The number of rotatable bonds is 4. The van der Waals surface area contributed by atoms with Gasteiger partial charge in [-0.2, -0.15) is 5.10 Å². The van der Waals surface area contributed by atoms with Crippen molar-refractivity contribution in [2.24, 2.45) is 0 Å². The zero-order valence-corrected chi connectivity index (χ0v) is 11.1. The molecule has 2 aromatic rings. The molecule has 0 aliphatic heterocycles. The number of fused-ring (bicyclic) bond motifs is 1. The van der Waals surface area contributed by atoms with E-state index in [1.807, 2.05) is 31.0 Å². The second kappa shape index (κ2) is 5.31. The summed E-state index contributed by atoms with van der Waals surface area (Å²) in [5.74, 6) is 0.872. The molecule has 0 bridgehead atoms. The maximum absolute atomic E-state index is 9.34. The molecule has 1 aromatic carbocycles. The first-order valence-corrected chi connectivity index (χ1v) is 6.21. The lowest BCUT2D eigenvalue weighted by Crippen LogP contribution is -2.23. The van der Waals surface area contributed by atoms with Gasteiger partial charge in [-0.1, -0.05) is 24.3 Å². The Morgan fingerprint density at radius 3 is 2.56 bits per heavy atom. The first-order valence-electron chi connectivity index (χ1n) is 6.21. The van der Waals surface area contributed by atoms with Crippen molar-refractivity contribution in [1.82, 2.24) is 10.2 Å². The van der Waals surface area contributed by atoms with Gasteiger partial charge < -0.3 is 10.0 Å². The molecule has 0 spiro atoms. The number of hydrogen-bond acceptors (Lipinski definition) is 4. The van der Waals surface area contributed by atoms with E-state index in [9.17, 15) is 5.11 Å². The summed E-state index contributed by atoms with van der Waals surface area (Å²) in [6, 6.07) is 8.14. The molecule has 0 aliphatic carbocycles. The highest BCUT2D eigenvalue weighted by Gasteiger charge is 2.10. The summed E-state index contributed by atoms with van der Waals surface area (Å²) in [6.07, 6.45) is 0.428. The summed E-state index contributed by atoms with van der Waals surface area (Å²) in [5.41, 5.74) is 0.943. The minimum absolute atomic E-state index is 0.294. The smallest absolute Gasteiger partial charge is 0.158 e. The number of benzene rings is 1. The summed E-state index contributed by atoms with van der Waals surface area (Å²) >= 11 is 0. The van der Waals surface area contributed by atoms with Crippen LogP contribution in [0, 0.1) is 6.92 Å². The first kappa shape index (κ1) is 12.8. The van der Waals surface area contributed by atoms with Crippen molar-refractivity contribution in [3.63, 3.8) is 0 Å². The van der Waals surface area contributed by atoms with Gasteiger partial charge in [0, 0.05) is 24.4 Å². The third-order valence-corrected chi connectivity index (χ3v) is 3.10. The molecule has 4 heteroatoms. The number of aryl methyl sites for hydroxylation is 1.